The van der Waals surface area contributed by atoms with E-state index in [9.17, 15) is 0 Å². The van der Waals surface area contributed by atoms with Crippen molar-refractivity contribution in [3.63, 3.8) is 0 Å². The first-order valence-corrected chi connectivity index (χ1v) is 6.49. The molecule has 0 aromatic heterocycles. The number of rotatable bonds is 1. The lowest BCUT2D eigenvalue weighted by atomic mass is 9.59. The van der Waals surface area contributed by atoms with Crippen LogP contribution in [0.5, 0.6) is 0 Å². The van der Waals surface area contributed by atoms with E-state index < -0.39 is 0 Å². The van der Waals surface area contributed by atoms with E-state index in [1.165, 1.54) is 0 Å². The normalized spacial score (nSPS) is 10.6. The molecular weight excluding hydrogens is 314 g/mol. The third-order valence-electron chi connectivity index (χ3n) is 2.91. The van der Waals surface area contributed by atoms with Crippen molar-refractivity contribution < 1.29 is 0 Å². The summed E-state index contributed by atoms with van der Waals surface area (Å²) in [5.74, 6) is 0. The van der Waals surface area contributed by atoms with Crippen LogP contribution in [0.1, 0.15) is 0 Å². The maximum Gasteiger partial charge on any atom is 0.113 e. The zero-order valence-electron chi connectivity index (χ0n) is 9.87. The van der Waals surface area contributed by atoms with E-state index >= 15 is 0 Å². The van der Waals surface area contributed by atoms with Gasteiger partial charge in [0.2, 0.25) is 0 Å². The van der Waals surface area contributed by atoms with Crippen LogP contribution in [0.3, 0.4) is 0 Å². The molecular formula is C12H3B5BrCl. The Balaban J connectivity index is 2.92. The summed E-state index contributed by atoms with van der Waals surface area (Å²) in [6.45, 7) is 0. The van der Waals surface area contributed by atoms with Crippen molar-refractivity contribution >= 4 is 94.1 Å². The highest BCUT2D eigenvalue weighted by Crippen LogP contribution is 2.32. The average Bonchev–Trinajstić information content (AvgIpc) is 2.37. The molecule has 0 amide bonds. The van der Waals surface area contributed by atoms with E-state index in [1.807, 2.05) is 6.07 Å². The molecule has 0 saturated heterocycles. The van der Waals surface area contributed by atoms with Crippen molar-refractivity contribution in [1.29, 1.82) is 0 Å². The first kappa shape index (κ1) is 14.9. The summed E-state index contributed by atoms with van der Waals surface area (Å²) < 4.78 is 0.738. The summed E-state index contributed by atoms with van der Waals surface area (Å²) in [6.07, 6.45) is 0. The van der Waals surface area contributed by atoms with Gasteiger partial charge in [0.25, 0.3) is 0 Å². The predicted octanol–water partition coefficient (Wildman–Crippen LogP) is -1.26. The molecule has 0 fully saturated rings. The van der Waals surface area contributed by atoms with Crippen LogP contribution in [-0.2, 0) is 0 Å². The van der Waals surface area contributed by atoms with Gasteiger partial charge < -0.3 is 0 Å². The molecule has 2 aromatic rings. The molecule has 0 aliphatic heterocycles. The lowest BCUT2D eigenvalue weighted by Gasteiger charge is -2.22. The fourth-order valence-electron chi connectivity index (χ4n) is 1.86. The Hall–Kier alpha value is -0.465. The van der Waals surface area contributed by atoms with Gasteiger partial charge in [-0.2, -0.15) is 0 Å². The van der Waals surface area contributed by atoms with Crippen molar-refractivity contribution in [2.75, 3.05) is 0 Å². The van der Waals surface area contributed by atoms with E-state index in [2.05, 4.69) is 15.9 Å². The van der Waals surface area contributed by atoms with E-state index in [-0.39, 0.29) is 27.3 Å². The Morgan fingerprint density at radius 1 is 0.737 bits per heavy atom. The van der Waals surface area contributed by atoms with E-state index in [0.29, 0.717) is 16.1 Å². The van der Waals surface area contributed by atoms with Crippen molar-refractivity contribution in [3.05, 3.63) is 27.7 Å². The maximum atomic E-state index is 6.20. The molecule has 19 heavy (non-hydrogen) atoms. The van der Waals surface area contributed by atoms with Crippen LogP contribution in [0.25, 0.3) is 11.1 Å². The van der Waals surface area contributed by atoms with E-state index in [1.54, 1.807) is 12.1 Å². The van der Waals surface area contributed by atoms with Gasteiger partial charge in [0.1, 0.15) is 39.2 Å². The quantitative estimate of drug-likeness (QED) is 0.576. The highest BCUT2D eigenvalue weighted by molar-refractivity contribution is 9.10. The monoisotopic (exact) mass is 316 g/mol. The standard InChI is InChI=1S/C12H3B5BrCl/c13-8-7(6-4(18)2-1-3-5(6)19)9(14)11(16)12(17)10(8)15/h1-3H. The van der Waals surface area contributed by atoms with Crippen molar-refractivity contribution in [3.8, 4) is 11.1 Å². The zero-order valence-corrected chi connectivity index (χ0v) is 12.2. The van der Waals surface area contributed by atoms with Crippen LogP contribution < -0.4 is 27.3 Å². The Labute approximate surface area is 132 Å². The fourth-order valence-corrected chi connectivity index (χ4v) is 2.80. The summed E-state index contributed by atoms with van der Waals surface area (Å²) in [7, 11) is 29.4. The molecule has 0 heterocycles. The molecule has 10 radical (unpaired) electrons. The molecule has 0 atom stereocenters. The minimum absolute atomic E-state index is 0.182. The molecule has 2 rings (SSSR count). The van der Waals surface area contributed by atoms with Crippen molar-refractivity contribution in [1.82, 2.24) is 0 Å². The molecule has 80 valence electrons. The molecule has 2 aromatic carbocycles. The Morgan fingerprint density at radius 2 is 1.21 bits per heavy atom. The topological polar surface area (TPSA) is 0 Å². The minimum Gasteiger partial charge on any atom is -0.112 e. The lowest BCUT2D eigenvalue weighted by molar-refractivity contribution is 1.63. The molecule has 0 N–H and O–H groups in total. The van der Waals surface area contributed by atoms with Gasteiger partial charge in [0.15, 0.2) is 0 Å². The van der Waals surface area contributed by atoms with Gasteiger partial charge >= 0.3 is 0 Å². The first-order valence-electron chi connectivity index (χ1n) is 5.32. The van der Waals surface area contributed by atoms with Gasteiger partial charge in [-0.1, -0.05) is 44.5 Å². The molecule has 0 nitrogen and oxygen atoms in total. The highest BCUT2D eigenvalue weighted by Gasteiger charge is 2.16. The van der Waals surface area contributed by atoms with Crippen LogP contribution in [0.2, 0.25) is 5.02 Å². The van der Waals surface area contributed by atoms with Crippen LogP contribution in [0.15, 0.2) is 22.7 Å². The molecule has 0 saturated carbocycles. The zero-order chi connectivity index (χ0) is 14.3. The second-order valence-corrected chi connectivity index (χ2v) is 5.30. The minimum atomic E-state index is 0.182. The third-order valence-corrected chi connectivity index (χ3v) is 3.89. The Kier molecular flexibility index (Phi) is 4.32. The molecule has 7 heteroatoms. The average molecular weight is 317 g/mol. The second kappa shape index (κ2) is 5.50. The summed E-state index contributed by atoms with van der Waals surface area (Å²) >= 11 is 9.61. The molecule has 0 aliphatic carbocycles. The van der Waals surface area contributed by atoms with E-state index in [0.717, 1.165) is 4.47 Å². The number of halogens is 2. The van der Waals surface area contributed by atoms with Gasteiger partial charge in [-0.25, -0.2) is 0 Å². The van der Waals surface area contributed by atoms with Gasteiger partial charge in [0, 0.05) is 15.1 Å². The molecule has 0 bridgehead atoms. The molecule has 0 aliphatic rings. The summed E-state index contributed by atoms with van der Waals surface area (Å²) in [5.41, 5.74) is 2.24. The predicted molar refractivity (Wildman–Crippen MR) is 91.5 cm³/mol. The Morgan fingerprint density at radius 3 is 1.68 bits per heavy atom. The largest absolute Gasteiger partial charge is 0.113 e. The van der Waals surface area contributed by atoms with Gasteiger partial charge in [-0.15, -0.1) is 16.4 Å². The Bertz CT molecular complexity index is 622. The maximum absolute atomic E-state index is 6.20. The number of benzene rings is 2. The van der Waals surface area contributed by atoms with E-state index in [4.69, 9.17) is 50.8 Å². The first-order chi connectivity index (χ1) is 8.86. The fraction of sp³-hybridized carbons (Fsp3) is 0. The van der Waals surface area contributed by atoms with Crippen molar-refractivity contribution in [2.24, 2.45) is 0 Å². The summed E-state index contributed by atoms with van der Waals surface area (Å²) in [5, 5.41) is 0.483. The third kappa shape index (κ3) is 2.45. The van der Waals surface area contributed by atoms with Crippen LogP contribution >= 0.6 is 27.5 Å². The smallest absolute Gasteiger partial charge is 0.112 e. The van der Waals surface area contributed by atoms with Gasteiger partial charge in [-0.05, 0) is 17.7 Å². The SMILES string of the molecule is [B]c1c([B])c([B])c(-c2c(Cl)cccc2Br)c([B])c1[B]. The van der Waals surface area contributed by atoms with Crippen LogP contribution in [0.4, 0.5) is 0 Å². The highest BCUT2D eigenvalue weighted by atomic mass is 79.9. The summed E-state index contributed by atoms with van der Waals surface area (Å²) in [4.78, 5) is 0. The van der Waals surface area contributed by atoms with Gasteiger partial charge in [0.05, 0.1) is 0 Å². The molecule has 0 spiro atoms. The summed E-state index contributed by atoms with van der Waals surface area (Å²) in [6, 6.07) is 5.35. The van der Waals surface area contributed by atoms with Crippen LogP contribution in [0, 0.1) is 0 Å². The number of hydrogen-bond donors (Lipinski definition) is 0. The lowest BCUT2D eigenvalue weighted by Crippen LogP contribution is -2.55. The second-order valence-electron chi connectivity index (χ2n) is 4.04. The number of hydrogen-bond acceptors (Lipinski definition) is 0. The van der Waals surface area contributed by atoms with Crippen molar-refractivity contribution in [2.45, 2.75) is 0 Å². The van der Waals surface area contributed by atoms with Gasteiger partial charge in [-0.3, -0.25) is 0 Å². The molecule has 0 unspecified atom stereocenters. The van der Waals surface area contributed by atoms with Crippen LogP contribution in [-0.4, -0.2) is 39.2 Å².